The topological polar surface area (TPSA) is 139 Å². The Kier molecular flexibility index (Phi) is 6.62. The van der Waals surface area contributed by atoms with Crippen molar-refractivity contribution >= 4 is 39.7 Å². The van der Waals surface area contributed by atoms with Crippen LogP contribution in [0.3, 0.4) is 0 Å². The number of carboxylic acids is 1. The molecule has 2 heterocycles. The molecule has 0 aliphatic rings. The van der Waals surface area contributed by atoms with Crippen molar-refractivity contribution in [3.8, 4) is 0 Å². The van der Waals surface area contributed by atoms with Crippen molar-refractivity contribution in [3.63, 3.8) is 0 Å². The molecule has 1 aromatic carbocycles. The zero-order valence-electron chi connectivity index (χ0n) is 19.5. The molecule has 0 saturated heterocycles. The maximum atomic E-state index is 12.6. The molecule has 2 amide bonds. The summed E-state index contributed by atoms with van der Waals surface area (Å²) in [7, 11) is 0. The Morgan fingerprint density at radius 3 is 2.27 bits per heavy atom. The van der Waals surface area contributed by atoms with E-state index in [-0.39, 0.29) is 17.9 Å². The number of hydrogen-bond donors (Lipinski definition) is 3. The summed E-state index contributed by atoms with van der Waals surface area (Å²) in [5, 5.41) is 15.5. The van der Waals surface area contributed by atoms with Gasteiger partial charge in [-0.25, -0.2) is 9.59 Å². The van der Waals surface area contributed by atoms with Crippen LogP contribution in [-0.4, -0.2) is 35.5 Å². The fraction of sp³-hybridized carbons (Fsp3) is 0.417. The predicted molar refractivity (Wildman–Crippen MR) is 122 cm³/mol. The lowest BCUT2D eigenvalue weighted by molar-refractivity contribution is -0.143. The molecule has 0 aliphatic carbocycles. The van der Waals surface area contributed by atoms with E-state index in [0.29, 0.717) is 22.1 Å². The van der Waals surface area contributed by atoms with Gasteiger partial charge in [-0.2, -0.15) is 0 Å². The van der Waals surface area contributed by atoms with Gasteiger partial charge in [0.15, 0.2) is 0 Å². The van der Waals surface area contributed by atoms with Crippen molar-refractivity contribution in [1.82, 2.24) is 10.6 Å². The fourth-order valence-electron chi connectivity index (χ4n) is 3.98. The second kappa shape index (κ2) is 9.09. The fourth-order valence-corrected chi connectivity index (χ4v) is 3.98. The van der Waals surface area contributed by atoms with Gasteiger partial charge in [0.25, 0.3) is 0 Å². The molecule has 1 atom stereocenters. The predicted octanol–water partition coefficient (Wildman–Crippen LogP) is 2.66. The van der Waals surface area contributed by atoms with E-state index in [4.69, 9.17) is 13.9 Å². The van der Waals surface area contributed by atoms with Crippen molar-refractivity contribution in [2.75, 3.05) is 6.54 Å². The molecule has 0 spiro atoms. The number of nitrogens with one attached hydrogen (secondary N) is 2. The zero-order chi connectivity index (χ0) is 24.6. The van der Waals surface area contributed by atoms with Crippen LogP contribution < -0.4 is 16.3 Å². The molecule has 176 valence electrons. The van der Waals surface area contributed by atoms with E-state index < -0.39 is 36.0 Å². The van der Waals surface area contributed by atoms with Crippen molar-refractivity contribution in [3.05, 3.63) is 44.5 Å². The first-order valence-electron chi connectivity index (χ1n) is 10.7. The van der Waals surface area contributed by atoms with Crippen LogP contribution >= 0.6 is 0 Å². The van der Waals surface area contributed by atoms with Gasteiger partial charge in [0.05, 0.1) is 23.9 Å². The molecular formula is C24H28N2O7. The Morgan fingerprint density at radius 1 is 1.00 bits per heavy atom. The quantitative estimate of drug-likeness (QED) is 0.465. The SMILES string of the molecule is Cc1oc2c(c(C)cc3oc(=O)c(CC(=O)NCC(=O)N[C@H](C(=O)O)C(C)C)c(C)c32)c1C. The first-order chi connectivity index (χ1) is 15.4. The second-order valence-corrected chi connectivity index (χ2v) is 8.63. The highest BCUT2D eigenvalue weighted by Gasteiger charge is 2.24. The Morgan fingerprint density at radius 2 is 1.67 bits per heavy atom. The largest absolute Gasteiger partial charge is 0.480 e. The lowest BCUT2D eigenvalue weighted by Crippen LogP contribution is -2.48. The van der Waals surface area contributed by atoms with Crippen LogP contribution in [-0.2, 0) is 20.8 Å². The van der Waals surface area contributed by atoms with Crippen LogP contribution in [0.4, 0.5) is 0 Å². The summed E-state index contributed by atoms with van der Waals surface area (Å²) in [6.45, 7) is 10.4. The number of carbonyl (C=O) groups is 3. The van der Waals surface area contributed by atoms with E-state index in [9.17, 15) is 19.2 Å². The molecule has 2 aromatic heterocycles. The Bertz CT molecular complexity index is 1330. The molecule has 0 fully saturated rings. The van der Waals surface area contributed by atoms with Gasteiger partial charge in [-0.3, -0.25) is 9.59 Å². The number of fused-ring (bicyclic) bond motifs is 3. The highest BCUT2D eigenvalue weighted by molar-refractivity contribution is 6.07. The Hall–Kier alpha value is -3.62. The number of hydrogen-bond acceptors (Lipinski definition) is 6. The van der Waals surface area contributed by atoms with Gasteiger partial charge in [0.1, 0.15) is 23.0 Å². The van der Waals surface area contributed by atoms with Gasteiger partial charge in [-0.15, -0.1) is 0 Å². The van der Waals surface area contributed by atoms with Crippen LogP contribution in [0.15, 0.2) is 19.7 Å². The molecule has 3 N–H and O–H groups in total. The van der Waals surface area contributed by atoms with E-state index in [0.717, 1.165) is 22.3 Å². The minimum atomic E-state index is -1.15. The minimum absolute atomic E-state index is 0.169. The van der Waals surface area contributed by atoms with E-state index in [1.807, 2.05) is 20.8 Å². The molecule has 33 heavy (non-hydrogen) atoms. The van der Waals surface area contributed by atoms with Gasteiger partial charge >= 0.3 is 11.6 Å². The number of carbonyl (C=O) groups excluding carboxylic acids is 2. The highest BCUT2D eigenvalue weighted by atomic mass is 16.4. The number of amides is 2. The zero-order valence-corrected chi connectivity index (χ0v) is 19.5. The summed E-state index contributed by atoms with van der Waals surface area (Å²) in [4.78, 5) is 48.4. The smallest absolute Gasteiger partial charge is 0.340 e. The molecule has 0 radical (unpaired) electrons. The van der Waals surface area contributed by atoms with E-state index in [1.165, 1.54) is 0 Å². The summed E-state index contributed by atoms with van der Waals surface area (Å²) in [6.07, 6.45) is -0.294. The van der Waals surface area contributed by atoms with Crippen LogP contribution in [0.2, 0.25) is 0 Å². The maximum absolute atomic E-state index is 12.6. The van der Waals surface area contributed by atoms with Crippen LogP contribution in [0.1, 0.15) is 41.9 Å². The molecule has 0 bridgehead atoms. The number of carboxylic acid groups (broad SMARTS) is 1. The lowest BCUT2D eigenvalue weighted by atomic mass is 9.98. The second-order valence-electron chi connectivity index (χ2n) is 8.63. The molecule has 9 nitrogen and oxygen atoms in total. The first-order valence-corrected chi connectivity index (χ1v) is 10.7. The van der Waals surface area contributed by atoms with Gasteiger partial charge in [-0.05, 0) is 56.4 Å². The van der Waals surface area contributed by atoms with E-state index in [1.54, 1.807) is 26.8 Å². The van der Waals surface area contributed by atoms with Crippen molar-refractivity contribution in [1.29, 1.82) is 0 Å². The summed E-state index contributed by atoms with van der Waals surface area (Å²) in [6, 6.07) is 0.728. The van der Waals surface area contributed by atoms with Gasteiger partial charge in [0.2, 0.25) is 11.8 Å². The van der Waals surface area contributed by atoms with Gasteiger partial charge in [0, 0.05) is 5.39 Å². The van der Waals surface area contributed by atoms with Crippen molar-refractivity contribution in [2.45, 2.75) is 54.0 Å². The molecule has 0 aliphatic heterocycles. The third-order valence-electron chi connectivity index (χ3n) is 5.91. The Balaban J connectivity index is 1.85. The van der Waals surface area contributed by atoms with Gasteiger partial charge in [-0.1, -0.05) is 13.8 Å². The summed E-state index contributed by atoms with van der Waals surface area (Å²) < 4.78 is 11.5. The third kappa shape index (κ3) is 4.62. The molecular weight excluding hydrogens is 428 g/mol. The molecule has 0 unspecified atom stereocenters. The number of aliphatic carboxylic acids is 1. The van der Waals surface area contributed by atoms with Gasteiger partial charge < -0.3 is 24.6 Å². The number of furan rings is 1. The number of benzene rings is 1. The number of rotatable bonds is 7. The summed E-state index contributed by atoms with van der Waals surface area (Å²) in [5.41, 5.74) is 3.02. The van der Waals surface area contributed by atoms with Crippen molar-refractivity contribution < 1.29 is 28.3 Å². The molecule has 3 aromatic rings. The minimum Gasteiger partial charge on any atom is -0.480 e. The third-order valence-corrected chi connectivity index (χ3v) is 5.91. The normalized spacial score (nSPS) is 12.3. The maximum Gasteiger partial charge on any atom is 0.340 e. The molecule has 9 heteroatoms. The summed E-state index contributed by atoms with van der Waals surface area (Å²) >= 11 is 0. The average Bonchev–Trinajstić information content (AvgIpc) is 3.01. The average molecular weight is 456 g/mol. The van der Waals surface area contributed by atoms with E-state index in [2.05, 4.69) is 10.6 Å². The number of aryl methyl sites for hydroxylation is 4. The monoisotopic (exact) mass is 456 g/mol. The Labute approximate surface area is 190 Å². The van der Waals surface area contributed by atoms with Crippen LogP contribution in [0.25, 0.3) is 21.9 Å². The lowest BCUT2D eigenvalue weighted by Gasteiger charge is -2.18. The van der Waals surface area contributed by atoms with Crippen LogP contribution in [0.5, 0.6) is 0 Å². The molecule has 0 saturated carbocycles. The first kappa shape index (κ1) is 24.0. The van der Waals surface area contributed by atoms with Crippen molar-refractivity contribution in [2.24, 2.45) is 5.92 Å². The molecule has 3 rings (SSSR count). The van der Waals surface area contributed by atoms with E-state index >= 15 is 0 Å². The standard InChI is InChI=1S/C24H28N2O7/c1-10(2)21(23(29)30)26-18(28)9-25-17(27)8-15-13(5)20-16(33-24(15)31)7-11(3)19-12(4)14(6)32-22(19)20/h7,10,21H,8-9H2,1-6H3,(H,25,27)(H,26,28)(H,29,30)/t21-/m0/s1. The van der Waals surface area contributed by atoms with Crippen LogP contribution in [0, 0.1) is 33.6 Å². The summed E-state index contributed by atoms with van der Waals surface area (Å²) in [5.74, 6) is -1.91. The highest BCUT2D eigenvalue weighted by Crippen LogP contribution is 2.36.